The van der Waals surface area contributed by atoms with Crippen LogP contribution in [0.1, 0.15) is 13.3 Å². The Balaban J connectivity index is 2.85. The molecule has 1 aliphatic rings. The van der Waals surface area contributed by atoms with Gasteiger partial charge in [-0.05, 0) is 6.08 Å². The molecule has 0 spiro atoms. The number of quaternary nitrogens is 1. The van der Waals surface area contributed by atoms with Crippen molar-refractivity contribution < 1.29 is 10.3 Å². The van der Waals surface area contributed by atoms with Crippen LogP contribution >= 0.6 is 11.6 Å². The second-order valence-electron chi connectivity index (χ2n) is 3.64. The molecule has 0 atom stereocenters. The van der Waals surface area contributed by atoms with Crippen molar-refractivity contribution in [3.8, 4) is 0 Å². The molecule has 0 aromatic carbocycles. The smallest absolute Gasteiger partial charge is 0.219 e. The Labute approximate surface area is 99.8 Å². The first-order valence-electron chi connectivity index (χ1n) is 4.99. The van der Waals surface area contributed by atoms with Crippen LogP contribution in [-0.4, -0.2) is 23.9 Å². The molecule has 1 aliphatic heterocycles. The van der Waals surface area contributed by atoms with Gasteiger partial charge in [0.1, 0.15) is 5.70 Å². The molecule has 0 saturated heterocycles. The van der Waals surface area contributed by atoms with Crippen LogP contribution in [-0.2, 0) is 4.79 Å². The second kappa shape index (κ2) is 5.84. The van der Waals surface area contributed by atoms with E-state index in [2.05, 4.69) is 6.58 Å². The fraction of sp³-hybridized carbons (Fsp3) is 0.364. The molecule has 1 amide bonds. The van der Waals surface area contributed by atoms with E-state index in [1.807, 2.05) is 0 Å². The maximum atomic E-state index is 11.2. The minimum Gasteiger partial charge on any atom is -0.631 e. The van der Waals surface area contributed by atoms with E-state index in [0.29, 0.717) is 24.5 Å². The average Bonchev–Trinajstić information content (AvgIpc) is 2.25. The number of amides is 1. The van der Waals surface area contributed by atoms with Crippen molar-refractivity contribution in [2.24, 2.45) is 0 Å². The summed E-state index contributed by atoms with van der Waals surface area (Å²) >= 11 is 5.61. The molecule has 88 valence electrons. The van der Waals surface area contributed by atoms with Crippen LogP contribution in [0.4, 0.5) is 0 Å². The summed E-state index contributed by atoms with van der Waals surface area (Å²) in [7, 11) is 0. The molecule has 1 rings (SSSR count). The lowest BCUT2D eigenvalue weighted by Gasteiger charge is -2.27. The third-order valence-corrected chi connectivity index (χ3v) is 2.60. The predicted molar refractivity (Wildman–Crippen MR) is 63.3 cm³/mol. The highest BCUT2D eigenvalue weighted by Gasteiger charge is 2.20. The minimum atomic E-state index is 0.0144. The largest absolute Gasteiger partial charge is 0.631 e. The van der Waals surface area contributed by atoms with Gasteiger partial charge in [-0.1, -0.05) is 24.3 Å². The summed E-state index contributed by atoms with van der Waals surface area (Å²) in [4.78, 5) is 12.9. The lowest BCUT2D eigenvalue weighted by molar-refractivity contribution is -0.539. The first-order chi connectivity index (χ1) is 7.54. The molecule has 0 aromatic rings. The van der Waals surface area contributed by atoms with E-state index in [1.165, 1.54) is 6.92 Å². The number of carbonyl (C=O) groups excluding carboxylic acids is 1. The van der Waals surface area contributed by atoms with E-state index < -0.39 is 0 Å². The molecule has 0 radical (unpaired) electrons. The Bertz CT molecular complexity index is 361. The number of nitrogens with two attached hydrogens (primary N) is 1. The number of hydrogen-bond donors (Lipinski definition) is 1. The number of hydroxylamine groups is 1. The zero-order valence-corrected chi connectivity index (χ0v) is 9.96. The fourth-order valence-electron chi connectivity index (χ4n) is 1.56. The zero-order chi connectivity index (χ0) is 12.1. The summed E-state index contributed by atoms with van der Waals surface area (Å²) in [6.07, 6.45) is 3.97. The van der Waals surface area contributed by atoms with Crippen LogP contribution in [0.2, 0.25) is 0 Å². The molecule has 0 bridgehead atoms. The highest BCUT2D eigenvalue weighted by molar-refractivity contribution is 6.30. The molecule has 0 aromatic heterocycles. The van der Waals surface area contributed by atoms with Gasteiger partial charge in [0.05, 0.1) is 6.54 Å². The standard InChI is InChI=1S/C11H15ClN2O2/c1-8(12)3-4-10-7-14(9(2)15)6-5-11(10)13-16/h3-4H,1,5-7,13H2,2H3/b4-3-. The molecule has 5 heteroatoms. The normalized spacial score (nSPS) is 17.1. The first kappa shape index (κ1) is 13.0. The highest BCUT2D eigenvalue weighted by atomic mass is 35.5. The molecule has 0 unspecified atom stereocenters. The SMILES string of the molecule is C=C(Cl)/C=C\C1=C([NH2+][O-])CCN(C(C)=O)C1. The lowest BCUT2D eigenvalue weighted by Crippen LogP contribution is -2.76. The van der Waals surface area contributed by atoms with Gasteiger partial charge in [0.2, 0.25) is 5.91 Å². The average molecular weight is 243 g/mol. The van der Waals surface area contributed by atoms with Gasteiger partial charge in [-0.15, -0.1) is 0 Å². The van der Waals surface area contributed by atoms with Crippen LogP contribution in [0.15, 0.2) is 35.0 Å². The van der Waals surface area contributed by atoms with Gasteiger partial charge in [0, 0.05) is 30.5 Å². The minimum absolute atomic E-state index is 0.0144. The zero-order valence-electron chi connectivity index (χ0n) is 9.20. The van der Waals surface area contributed by atoms with Crippen molar-refractivity contribution in [1.82, 2.24) is 4.90 Å². The third kappa shape index (κ3) is 3.48. The molecule has 16 heavy (non-hydrogen) atoms. The third-order valence-electron chi connectivity index (χ3n) is 2.48. The van der Waals surface area contributed by atoms with Gasteiger partial charge in [-0.25, -0.2) is 0 Å². The Morgan fingerprint density at radius 3 is 2.88 bits per heavy atom. The quantitative estimate of drug-likeness (QED) is 0.590. The van der Waals surface area contributed by atoms with E-state index in [0.717, 1.165) is 16.8 Å². The van der Waals surface area contributed by atoms with E-state index in [9.17, 15) is 10.0 Å². The monoisotopic (exact) mass is 242 g/mol. The van der Waals surface area contributed by atoms with E-state index in [1.54, 1.807) is 17.1 Å². The summed E-state index contributed by atoms with van der Waals surface area (Å²) in [5.74, 6) is 0.0144. The van der Waals surface area contributed by atoms with Crippen molar-refractivity contribution in [1.29, 1.82) is 0 Å². The van der Waals surface area contributed by atoms with Crippen LogP contribution in [0, 0.1) is 5.21 Å². The van der Waals surface area contributed by atoms with Gasteiger partial charge in [-0.2, -0.15) is 0 Å². The second-order valence-corrected chi connectivity index (χ2v) is 4.12. The lowest BCUT2D eigenvalue weighted by atomic mass is 10.1. The number of hydrogen-bond acceptors (Lipinski definition) is 2. The number of halogens is 1. The highest BCUT2D eigenvalue weighted by Crippen LogP contribution is 2.15. The summed E-state index contributed by atoms with van der Waals surface area (Å²) in [5, 5.41) is 11.2. The topological polar surface area (TPSA) is 60.0 Å². The van der Waals surface area contributed by atoms with Crippen molar-refractivity contribution in [3.05, 3.63) is 40.2 Å². The fourth-order valence-corrected chi connectivity index (χ4v) is 1.62. The molecule has 2 N–H and O–H groups in total. The molecule has 4 nitrogen and oxygen atoms in total. The maximum absolute atomic E-state index is 11.2. The Kier molecular flexibility index (Phi) is 4.73. The molecule has 0 fully saturated rings. The van der Waals surface area contributed by atoms with E-state index in [4.69, 9.17) is 11.6 Å². The molecular weight excluding hydrogens is 228 g/mol. The number of nitrogens with zero attached hydrogens (tertiary/aromatic N) is 1. The summed E-state index contributed by atoms with van der Waals surface area (Å²) in [5.41, 5.74) is 2.40. The van der Waals surface area contributed by atoms with Crippen molar-refractivity contribution in [3.63, 3.8) is 0 Å². The first-order valence-corrected chi connectivity index (χ1v) is 5.37. The molecule has 0 saturated carbocycles. The van der Waals surface area contributed by atoms with Gasteiger partial charge in [0.15, 0.2) is 0 Å². The van der Waals surface area contributed by atoms with E-state index >= 15 is 0 Å². The van der Waals surface area contributed by atoms with Crippen molar-refractivity contribution in [2.75, 3.05) is 13.1 Å². The van der Waals surface area contributed by atoms with Gasteiger partial charge >= 0.3 is 0 Å². The van der Waals surface area contributed by atoms with Crippen molar-refractivity contribution in [2.45, 2.75) is 13.3 Å². The summed E-state index contributed by atoms with van der Waals surface area (Å²) in [6.45, 7) is 6.12. The van der Waals surface area contributed by atoms with Crippen LogP contribution in [0.3, 0.4) is 0 Å². The number of allylic oxidation sites excluding steroid dienone is 2. The maximum Gasteiger partial charge on any atom is 0.219 e. The summed E-state index contributed by atoms with van der Waals surface area (Å²) in [6, 6.07) is 0. The van der Waals surface area contributed by atoms with Gasteiger partial charge < -0.3 is 15.6 Å². The molecular formula is C11H15ClN2O2. The van der Waals surface area contributed by atoms with Gasteiger partial charge in [-0.3, -0.25) is 4.79 Å². The number of carbonyl (C=O) groups is 1. The van der Waals surface area contributed by atoms with E-state index in [-0.39, 0.29) is 5.91 Å². The Hall–Kier alpha value is -1.10. The van der Waals surface area contributed by atoms with Gasteiger partial charge in [0.25, 0.3) is 0 Å². The Morgan fingerprint density at radius 2 is 2.38 bits per heavy atom. The molecule has 0 aliphatic carbocycles. The summed E-state index contributed by atoms with van der Waals surface area (Å²) < 4.78 is 0. The predicted octanol–water partition coefficient (Wildman–Crippen LogP) is 0.863. The van der Waals surface area contributed by atoms with Crippen LogP contribution < -0.4 is 5.48 Å². The van der Waals surface area contributed by atoms with Crippen molar-refractivity contribution >= 4 is 17.5 Å². The Morgan fingerprint density at radius 1 is 1.69 bits per heavy atom. The van der Waals surface area contributed by atoms with Crippen LogP contribution in [0.25, 0.3) is 0 Å². The van der Waals surface area contributed by atoms with Crippen LogP contribution in [0.5, 0.6) is 0 Å². The number of rotatable bonds is 3. The molecule has 1 heterocycles.